The molecule has 0 aromatic heterocycles. The first kappa shape index (κ1) is 20.1. The molecule has 0 saturated carbocycles. The van der Waals surface area contributed by atoms with Crippen molar-refractivity contribution in [3.05, 3.63) is 24.3 Å². The summed E-state index contributed by atoms with van der Waals surface area (Å²) in [5, 5.41) is 0.469. The molecule has 0 bridgehead atoms. The van der Waals surface area contributed by atoms with Gasteiger partial charge < -0.3 is 0 Å². The summed E-state index contributed by atoms with van der Waals surface area (Å²) in [5.74, 6) is -0.859. The van der Waals surface area contributed by atoms with Gasteiger partial charge in [0.1, 0.15) is 0 Å². The van der Waals surface area contributed by atoms with Crippen LogP contribution in [0.2, 0.25) is 0 Å². The molecule has 3 rings (SSSR count). The summed E-state index contributed by atoms with van der Waals surface area (Å²) in [5.41, 5.74) is -2.82. The Bertz CT molecular complexity index is 814. The molecule has 2 aliphatic heterocycles. The van der Waals surface area contributed by atoms with Crippen molar-refractivity contribution in [3.8, 4) is 5.75 Å². The van der Waals surface area contributed by atoms with E-state index in [9.17, 15) is 9.59 Å². The van der Waals surface area contributed by atoms with Gasteiger partial charge in [-0.1, -0.05) is 0 Å². The number of hydrogen-bond donors (Lipinski definition) is 0. The van der Waals surface area contributed by atoms with E-state index in [1.807, 2.05) is 0 Å². The van der Waals surface area contributed by atoms with Crippen LogP contribution in [0.1, 0.15) is 27.7 Å². The van der Waals surface area contributed by atoms with Crippen LogP contribution in [0.4, 0.5) is 0 Å². The number of carbonyl (C=O) groups is 2. The van der Waals surface area contributed by atoms with Gasteiger partial charge in [-0.15, -0.1) is 0 Å². The predicted molar refractivity (Wildman–Crippen MR) is 104 cm³/mol. The maximum absolute atomic E-state index is 12.5. The van der Waals surface area contributed by atoms with Gasteiger partial charge in [0, 0.05) is 0 Å². The van der Waals surface area contributed by atoms with E-state index in [1.165, 1.54) is 34.8 Å². The second-order valence-corrected chi connectivity index (χ2v) is 20.2. The fourth-order valence-corrected chi connectivity index (χ4v) is 14.5. The Hall–Kier alpha value is -0.690. The van der Waals surface area contributed by atoms with Crippen LogP contribution in [0.25, 0.3) is 0 Å². The van der Waals surface area contributed by atoms with Gasteiger partial charge in [-0.25, -0.2) is 0 Å². The fraction of sp³-hybridized carbons (Fsp3) is 0.467. The predicted octanol–water partition coefficient (Wildman–Crippen LogP) is 3.09. The molecule has 144 valence electrons. The van der Waals surface area contributed by atoms with Crippen LogP contribution < -0.4 is 10.0 Å². The van der Waals surface area contributed by atoms with Crippen molar-refractivity contribution in [2.45, 2.75) is 38.9 Å². The third kappa shape index (κ3) is 2.56. The van der Waals surface area contributed by atoms with Crippen LogP contribution in [0, 0.1) is 0 Å². The van der Waals surface area contributed by atoms with Gasteiger partial charge in [-0.2, -0.15) is 0 Å². The molecule has 0 aliphatic carbocycles. The number of hydrogen-bond acceptors (Lipinski definition) is 9. The molecule has 7 nitrogen and oxygen atoms in total. The Morgan fingerprint density at radius 3 is 1.73 bits per heavy atom. The zero-order valence-corrected chi connectivity index (χ0v) is 18.3. The van der Waals surface area contributed by atoms with Crippen molar-refractivity contribution in [1.82, 2.24) is 0 Å². The topological polar surface area (TPSA) is 80.3 Å². The monoisotopic (exact) mass is 437 g/mol. The van der Waals surface area contributed by atoms with E-state index in [4.69, 9.17) is 46.9 Å². The van der Waals surface area contributed by atoms with E-state index in [1.54, 1.807) is 24.3 Å². The van der Waals surface area contributed by atoms with Crippen molar-refractivity contribution in [3.63, 3.8) is 0 Å². The Labute approximate surface area is 162 Å². The molecule has 2 saturated heterocycles. The van der Waals surface area contributed by atoms with Crippen LogP contribution in [-0.4, -0.2) is 30.3 Å². The molecule has 11 heteroatoms. The molecule has 0 N–H and O–H groups in total. The summed E-state index contributed by atoms with van der Waals surface area (Å²) in [6.45, 7) is 5.99. The second-order valence-electron chi connectivity index (χ2n) is 6.95. The first-order valence-electron chi connectivity index (χ1n) is 7.68. The minimum atomic E-state index is -4.92. The average Bonchev–Trinajstić information content (AvgIpc) is 2.86. The summed E-state index contributed by atoms with van der Waals surface area (Å²) in [4.78, 5) is 21.6. The van der Waals surface area contributed by atoms with E-state index in [-0.39, 0.29) is 0 Å². The molecule has 1 spiro atoms. The third-order valence-corrected chi connectivity index (χ3v) is 18.6. The van der Waals surface area contributed by atoms with Crippen molar-refractivity contribution < 1.29 is 32.4 Å². The third-order valence-electron chi connectivity index (χ3n) is 4.04. The number of rotatable bonds is 3. The standard InChI is InChI=1S/C15H20O7P2S2/c1-14(2)12(16)19-24(21-14,20-13(17)15(3,4)22-24)23(25,26)11-8-6-10(18-5)7-9-11/h6-9H,1-5H3,(H,25,26)/p-1. The van der Waals surface area contributed by atoms with Crippen molar-refractivity contribution in [2.24, 2.45) is 0 Å². The summed E-state index contributed by atoms with van der Waals surface area (Å²) in [6, 6.07) is 6.64. The molecule has 1 aromatic rings. The van der Waals surface area contributed by atoms with E-state index in [2.05, 4.69) is 0 Å². The minimum absolute atomic E-state index is 0.469. The van der Waals surface area contributed by atoms with Crippen molar-refractivity contribution >= 4 is 53.4 Å². The Morgan fingerprint density at radius 2 is 1.42 bits per heavy atom. The molecule has 2 fully saturated rings. The molecular weight excluding hydrogens is 418 g/mol. The summed E-state index contributed by atoms with van der Waals surface area (Å²) >= 11 is 11.5. The Morgan fingerprint density at radius 1 is 1.00 bits per heavy atom. The summed E-state index contributed by atoms with van der Waals surface area (Å²) < 4.78 is 28.3. The molecule has 1 aromatic carbocycles. The zero-order valence-electron chi connectivity index (χ0n) is 14.9. The molecule has 1 unspecified atom stereocenters. The maximum atomic E-state index is 12.5. The Kier molecular flexibility index (Phi) is 4.37. The zero-order chi connectivity index (χ0) is 19.6. The van der Waals surface area contributed by atoms with Crippen LogP contribution in [-0.2, 0) is 51.7 Å². The number of methoxy groups -OCH3 is 1. The van der Waals surface area contributed by atoms with E-state index < -0.39 is 35.3 Å². The second kappa shape index (κ2) is 5.66. The van der Waals surface area contributed by atoms with Crippen LogP contribution in [0.5, 0.6) is 5.75 Å². The molecule has 0 radical (unpaired) electrons. The number of carbonyl (C=O) groups excluding carboxylic acids is 2. The van der Waals surface area contributed by atoms with Crippen LogP contribution >= 0.6 is 12.1 Å². The SMILES string of the molecule is COc1ccc(P(=S)([S-])P23(OC(=O)C(C)(C)O2)OC(=O)C(C)(C)O3)cc1. The van der Waals surface area contributed by atoms with Crippen molar-refractivity contribution in [1.29, 1.82) is 0 Å². The van der Waals surface area contributed by atoms with Gasteiger partial charge in [0.15, 0.2) is 0 Å². The van der Waals surface area contributed by atoms with Gasteiger partial charge in [0.2, 0.25) is 0 Å². The number of ether oxygens (including phenoxy) is 1. The van der Waals surface area contributed by atoms with Gasteiger partial charge in [-0.05, 0) is 0 Å². The van der Waals surface area contributed by atoms with E-state index >= 15 is 0 Å². The van der Waals surface area contributed by atoms with Gasteiger partial charge >= 0.3 is 162 Å². The summed E-state index contributed by atoms with van der Waals surface area (Å²) in [7, 11) is -3.39. The van der Waals surface area contributed by atoms with Gasteiger partial charge in [-0.3, -0.25) is 0 Å². The number of benzene rings is 1. The molecule has 1 atom stereocenters. The molecule has 0 amide bonds. The normalized spacial score (nSPS) is 28.5. The van der Waals surface area contributed by atoms with Crippen LogP contribution in [0.15, 0.2) is 24.3 Å². The average molecular weight is 437 g/mol. The van der Waals surface area contributed by atoms with E-state index in [0.29, 0.717) is 11.1 Å². The summed E-state index contributed by atoms with van der Waals surface area (Å²) in [6.07, 6.45) is 0. The molecular formula is C15H19O7P2S2-. The molecule has 2 heterocycles. The quantitative estimate of drug-likeness (QED) is 0.523. The first-order valence-corrected chi connectivity index (χ1v) is 14.1. The van der Waals surface area contributed by atoms with Gasteiger partial charge in [0.25, 0.3) is 0 Å². The van der Waals surface area contributed by atoms with Gasteiger partial charge in [0.05, 0.1) is 0 Å². The fourth-order valence-electron chi connectivity index (χ4n) is 2.62. The van der Waals surface area contributed by atoms with E-state index in [0.717, 1.165) is 0 Å². The molecule has 2 aliphatic rings. The Balaban J connectivity index is 2.24. The van der Waals surface area contributed by atoms with Crippen molar-refractivity contribution in [2.75, 3.05) is 7.11 Å². The first-order chi connectivity index (χ1) is 11.8. The van der Waals surface area contributed by atoms with Crippen LogP contribution in [0.3, 0.4) is 0 Å². The molecule has 26 heavy (non-hydrogen) atoms.